The molecule has 0 amide bonds. The van der Waals surface area contributed by atoms with Crippen LogP contribution < -0.4 is 10.5 Å². The van der Waals surface area contributed by atoms with Gasteiger partial charge in [0.1, 0.15) is 5.82 Å². The number of nitrogens with zero attached hydrogens (tertiary/aromatic N) is 3. The van der Waals surface area contributed by atoms with Crippen molar-refractivity contribution in [2.45, 2.75) is 26.3 Å². The van der Waals surface area contributed by atoms with Crippen molar-refractivity contribution in [3.05, 3.63) is 5.82 Å². The lowest BCUT2D eigenvalue weighted by molar-refractivity contribution is 0.300. The first kappa shape index (κ1) is 9.98. The van der Waals surface area contributed by atoms with Crippen LogP contribution in [0.2, 0.25) is 0 Å². The Balaban J connectivity index is 2.74. The number of ether oxygens (including phenoxy) is 1. The summed E-state index contributed by atoms with van der Waals surface area (Å²) in [5.74, 6) is 0.860. The molecule has 0 saturated heterocycles. The molecular weight excluding hydrogens is 168 g/mol. The summed E-state index contributed by atoms with van der Waals surface area (Å²) in [7, 11) is 1.88. The van der Waals surface area contributed by atoms with Crippen molar-refractivity contribution in [1.29, 1.82) is 0 Å². The van der Waals surface area contributed by atoms with Gasteiger partial charge < -0.3 is 10.5 Å². The largest absolute Gasteiger partial charge is 0.464 e. The van der Waals surface area contributed by atoms with E-state index in [0.29, 0.717) is 12.6 Å². The van der Waals surface area contributed by atoms with Crippen molar-refractivity contribution in [1.82, 2.24) is 14.8 Å². The van der Waals surface area contributed by atoms with E-state index in [9.17, 15) is 0 Å². The van der Waals surface area contributed by atoms with Crippen molar-refractivity contribution in [3.8, 4) is 6.01 Å². The molecule has 13 heavy (non-hydrogen) atoms. The molecule has 5 nitrogen and oxygen atoms in total. The Morgan fingerprint density at radius 1 is 1.54 bits per heavy atom. The Morgan fingerprint density at radius 2 is 2.23 bits per heavy atom. The number of rotatable bonds is 4. The van der Waals surface area contributed by atoms with E-state index in [4.69, 9.17) is 10.5 Å². The molecule has 1 rings (SSSR count). The molecule has 0 aromatic carbocycles. The molecule has 0 aliphatic heterocycles. The van der Waals surface area contributed by atoms with Gasteiger partial charge in [0.2, 0.25) is 0 Å². The van der Waals surface area contributed by atoms with Crippen LogP contribution >= 0.6 is 0 Å². The minimum absolute atomic E-state index is 0.0948. The van der Waals surface area contributed by atoms with Crippen LogP contribution in [-0.4, -0.2) is 27.4 Å². The van der Waals surface area contributed by atoms with Crippen LogP contribution in [0.5, 0.6) is 6.01 Å². The summed E-state index contributed by atoms with van der Waals surface area (Å²) in [5.41, 5.74) is 5.65. The lowest BCUT2D eigenvalue weighted by atomic mass is 10.2. The molecule has 0 spiro atoms. The van der Waals surface area contributed by atoms with Crippen molar-refractivity contribution < 1.29 is 4.74 Å². The monoisotopic (exact) mass is 184 g/mol. The topological polar surface area (TPSA) is 66.0 Å². The van der Waals surface area contributed by atoms with E-state index in [1.165, 1.54) is 0 Å². The third kappa shape index (κ3) is 2.42. The molecule has 0 saturated carbocycles. The zero-order valence-electron chi connectivity index (χ0n) is 8.32. The van der Waals surface area contributed by atoms with Crippen molar-refractivity contribution in [2.75, 3.05) is 6.61 Å². The summed E-state index contributed by atoms with van der Waals surface area (Å²) >= 11 is 0. The highest BCUT2D eigenvalue weighted by Crippen LogP contribution is 2.08. The highest BCUT2D eigenvalue weighted by Gasteiger charge is 2.09. The van der Waals surface area contributed by atoms with Gasteiger partial charge in [-0.2, -0.15) is 0 Å². The van der Waals surface area contributed by atoms with Gasteiger partial charge in [0.25, 0.3) is 0 Å². The SMILES string of the molecule is CCOc1nnc(CC(C)N)n1C. The summed E-state index contributed by atoms with van der Waals surface area (Å²) in [6.45, 7) is 4.46. The van der Waals surface area contributed by atoms with E-state index < -0.39 is 0 Å². The molecule has 2 N–H and O–H groups in total. The molecule has 1 aromatic heterocycles. The molecule has 1 aromatic rings. The normalized spacial score (nSPS) is 12.9. The fourth-order valence-corrected chi connectivity index (χ4v) is 1.07. The van der Waals surface area contributed by atoms with Gasteiger partial charge in [0.05, 0.1) is 6.61 Å². The molecule has 0 aliphatic carbocycles. The Morgan fingerprint density at radius 3 is 2.77 bits per heavy atom. The van der Waals surface area contributed by atoms with Gasteiger partial charge in [-0.3, -0.25) is 4.57 Å². The standard InChI is InChI=1S/C8H16N4O/c1-4-13-8-11-10-7(12(8)3)5-6(2)9/h6H,4-5,9H2,1-3H3. The fraction of sp³-hybridized carbons (Fsp3) is 0.750. The average Bonchev–Trinajstić information content (AvgIpc) is 2.36. The molecule has 1 unspecified atom stereocenters. The summed E-state index contributed by atoms with van der Waals surface area (Å²) < 4.78 is 7.07. The minimum atomic E-state index is 0.0948. The smallest absolute Gasteiger partial charge is 0.316 e. The van der Waals surface area contributed by atoms with Gasteiger partial charge in [-0.1, -0.05) is 5.10 Å². The van der Waals surface area contributed by atoms with Crippen LogP contribution in [0.25, 0.3) is 0 Å². The fourth-order valence-electron chi connectivity index (χ4n) is 1.07. The van der Waals surface area contributed by atoms with Crippen LogP contribution in [0.3, 0.4) is 0 Å². The molecule has 1 heterocycles. The van der Waals surface area contributed by atoms with E-state index >= 15 is 0 Å². The maximum Gasteiger partial charge on any atom is 0.316 e. The first-order valence-electron chi connectivity index (χ1n) is 4.41. The van der Waals surface area contributed by atoms with Crippen LogP contribution in [0.1, 0.15) is 19.7 Å². The lowest BCUT2D eigenvalue weighted by Crippen LogP contribution is -2.20. The van der Waals surface area contributed by atoms with E-state index in [0.717, 1.165) is 12.2 Å². The highest BCUT2D eigenvalue weighted by molar-refractivity contribution is 5.00. The second kappa shape index (κ2) is 4.23. The Bertz CT molecular complexity index is 269. The zero-order valence-corrected chi connectivity index (χ0v) is 8.32. The molecule has 5 heteroatoms. The third-order valence-electron chi connectivity index (χ3n) is 1.70. The molecular formula is C8H16N4O. The Kier molecular flexibility index (Phi) is 3.25. The second-order valence-electron chi connectivity index (χ2n) is 3.07. The summed E-state index contributed by atoms with van der Waals surface area (Å²) in [6, 6.07) is 0.649. The number of aromatic nitrogens is 3. The van der Waals surface area contributed by atoms with Crippen molar-refractivity contribution >= 4 is 0 Å². The van der Waals surface area contributed by atoms with Gasteiger partial charge in [-0.05, 0) is 13.8 Å². The van der Waals surface area contributed by atoms with Gasteiger partial charge >= 0.3 is 6.01 Å². The molecule has 0 fully saturated rings. The maximum atomic E-state index is 5.65. The Hall–Kier alpha value is -1.10. The highest BCUT2D eigenvalue weighted by atomic mass is 16.5. The molecule has 0 aliphatic rings. The van der Waals surface area contributed by atoms with Crippen molar-refractivity contribution in [2.24, 2.45) is 12.8 Å². The predicted octanol–water partition coefficient (Wildman–Crippen LogP) is 0.104. The molecule has 1 atom stereocenters. The van der Waals surface area contributed by atoms with E-state index in [-0.39, 0.29) is 6.04 Å². The van der Waals surface area contributed by atoms with Gasteiger partial charge in [-0.15, -0.1) is 5.10 Å². The van der Waals surface area contributed by atoms with E-state index in [1.807, 2.05) is 25.5 Å². The van der Waals surface area contributed by atoms with Crippen LogP contribution in [0.4, 0.5) is 0 Å². The predicted molar refractivity (Wildman–Crippen MR) is 49.5 cm³/mol. The molecule has 0 radical (unpaired) electrons. The molecule has 0 bridgehead atoms. The van der Waals surface area contributed by atoms with Crippen LogP contribution in [0.15, 0.2) is 0 Å². The quantitative estimate of drug-likeness (QED) is 0.721. The first-order chi connectivity index (χ1) is 6.15. The lowest BCUT2D eigenvalue weighted by Gasteiger charge is -2.05. The second-order valence-corrected chi connectivity index (χ2v) is 3.07. The van der Waals surface area contributed by atoms with Gasteiger partial charge in [0.15, 0.2) is 0 Å². The van der Waals surface area contributed by atoms with Gasteiger partial charge in [-0.25, -0.2) is 0 Å². The number of nitrogens with two attached hydrogens (primary N) is 1. The summed E-state index contributed by atoms with van der Waals surface area (Å²) in [4.78, 5) is 0. The zero-order chi connectivity index (χ0) is 9.84. The number of hydrogen-bond acceptors (Lipinski definition) is 4. The summed E-state index contributed by atoms with van der Waals surface area (Å²) in [6.07, 6.45) is 0.719. The first-order valence-corrected chi connectivity index (χ1v) is 4.41. The molecule has 74 valence electrons. The van der Waals surface area contributed by atoms with E-state index in [2.05, 4.69) is 10.2 Å². The third-order valence-corrected chi connectivity index (χ3v) is 1.70. The minimum Gasteiger partial charge on any atom is -0.464 e. The van der Waals surface area contributed by atoms with Gasteiger partial charge in [0, 0.05) is 19.5 Å². The Labute approximate surface area is 77.9 Å². The van der Waals surface area contributed by atoms with E-state index in [1.54, 1.807) is 0 Å². The number of hydrogen-bond donors (Lipinski definition) is 1. The average molecular weight is 184 g/mol. The summed E-state index contributed by atoms with van der Waals surface area (Å²) in [5, 5.41) is 7.88. The van der Waals surface area contributed by atoms with Crippen LogP contribution in [0, 0.1) is 0 Å². The van der Waals surface area contributed by atoms with Crippen molar-refractivity contribution in [3.63, 3.8) is 0 Å². The van der Waals surface area contributed by atoms with Crippen LogP contribution in [-0.2, 0) is 13.5 Å². The maximum absolute atomic E-state index is 5.65.